The van der Waals surface area contributed by atoms with Crippen molar-refractivity contribution in [1.29, 1.82) is 0 Å². The molecule has 0 saturated carbocycles. The molecule has 2 aromatic heterocycles. The predicted molar refractivity (Wildman–Crippen MR) is 169 cm³/mol. The lowest BCUT2D eigenvalue weighted by molar-refractivity contribution is -0.140. The van der Waals surface area contributed by atoms with Gasteiger partial charge in [0.05, 0.1) is 69.8 Å². The Morgan fingerprint density at radius 1 is 1.09 bits per heavy atom. The van der Waals surface area contributed by atoms with E-state index in [1.165, 1.54) is 23.9 Å². The summed E-state index contributed by atoms with van der Waals surface area (Å²) >= 11 is 0. The molecule has 1 aliphatic heterocycles. The maximum atomic E-state index is 13.6. The molecule has 0 spiro atoms. The number of aliphatic hydroxyl groups is 1. The van der Waals surface area contributed by atoms with Crippen LogP contribution in [0.4, 0.5) is 24.5 Å². The number of hydrogen-bond donors (Lipinski definition) is 3. The third-order valence-corrected chi connectivity index (χ3v) is 8.40. The van der Waals surface area contributed by atoms with Gasteiger partial charge in [0.2, 0.25) is 0 Å². The van der Waals surface area contributed by atoms with Gasteiger partial charge in [-0.2, -0.15) is 13.2 Å². The molecule has 46 heavy (non-hydrogen) atoms. The van der Waals surface area contributed by atoms with E-state index in [4.69, 9.17) is 19.3 Å². The Labute approximate surface area is 266 Å². The van der Waals surface area contributed by atoms with Gasteiger partial charge < -0.3 is 39.4 Å². The van der Waals surface area contributed by atoms with Crippen molar-refractivity contribution < 1.29 is 40.9 Å². The standard InChI is InChI=1S/C31H40F3N5O6S/c1-43-29-20-30(46(2,41)42)36-21-27(29)35-10-4-5-24-19-25-26(6-3-7-28(25)39(24)22-31(32,33)34)37-23-8-11-38(12-9-23)13-15-44-17-18-45-16-14-40/h3,6-7,19-21,23,35,37,40H,8-18,22H2,1-2H3. The first-order chi connectivity index (χ1) is 22.0. The molecule has 1 aromatic carbocycles. The van der Waals surface area contributed by atoms with Gasteiger partial charge in [-0.1, -0.05) is 12.0 Å². The van der Waals surface area contributed by atoms with E-state index < -0.39 is 22.6 Å². The van der Waals surface area contributed by atoms with Crippen molar-refractivity contribution in [2.45, 2.75) is 36.6 Å². The third kappa shape index (κ3) is 10.2. The summed E-state index contributed by atoms with van der Waals surface area (Å²) in [5.74, 6) is 5.99. The van der Waals surface area contributed by atoms with E-state index in [0.29, 0.717) is 43.0 Å². The number of likely N-dealkylation sites (tertiary alicyclic amines) is 1. The lowest BCUT2D eigenvalue weighted by Gasteiger charge is -2.32. The molecular formula is C31H40F3N5O6S. The second-order valence-corrected chi connectivity index (χ2v) is 12.8. The monoisotopic (exact) mass is 667 g/mol. The molecule has 0 amide bonds. The van der Waals surface area contributed by atoms with E-state index in [0.717, 1.165) is 44.4 Å². The van der Waals surface area contributed by atoms with Crippen LogP contribution >= 0.6 is 0 Å². The molecule has 0 radical (unpaired) electrons. The molecule has 3 aromatic rings. The minimum atomic E-state index is -4.45. The highest BCUT2D eigenvalue weighted by atomic mass is 32.2. The van der Waals surface area contributed by atoms with E-state index in [1.54, 1.807) is 18.2 Å². The van der Waals surface area contributed by atoms with Crippen molar-refractivity contribution in [2.75, 3.05) is 83.2 Å². The van der Waals surface area contributed by atoms with Crippen LogP contribution in [-0.2, 0) is 25.9 Å². The highest BCUT2D eigenvalue weighted by Crippen LogP contribution is 2.31. The van der Waals surface area contributed by atoms with Gasteiger partial charge in [0.25, 0.3) is 0 Å². The third-order valence-electron chi connectivity index (χ3n) is 7.41. The van der Waals surface area contributed by atoms with Crippen LogP contribution in [0.3, 0.4) is 0 Å². The number of pyridine rings is 1. The Balaban J connectivity index is 1.41. The van der Waals surface area contributed by atoms with Gasteiger partial charge in [-0.05, 0) is 37.0 Å². The zero-order chi connectivity index (χ0) is 33.2. The van der Waals surface area contributed by atoms with Crippen molar-refractivity contribution >= 4 is 32.1 Å². The van der Waals surface area contributed by atoms with Crippen molar-refractivity contribution in [3.8, 4) is 17.6 Å². The number of piperidine rings is 1. The summed E-state index contributed by atoms with van der Waals surface area (Å²) in [7, 11) is -2.14. The number of nitrogens with zero attached hydrogens (tertiary/aromatic N) is 3. The Kier molecular flexibility index (Phi) is 12.5. The average molecular weight is 668 g/mol. The second-order valence-electron chi connectivity index (χ2n) is 10.8. The van der Waals surface area contributed by atoms with E-state index in [2.05, 4.69) is 32.4 Å². The summed E-state index contributed by atoms with van der Waals surface area (Å²) in [4.78, 5) is 6.25. The first kappa shape index (κ1) is 35.3. The number of hydrogen-bond acceptors (Lipinski definition) is 10. The molecule has 15 heteroatoms. The van der Waals surface area contributed by atoms with Gasteiger partial charge >= 0.3 is 6.18 Å². The minimum Gasteiger partial charge on any atom is -0.494 e. The van der Waals surface area contributed by atoms with Crippen LogP contribution in [0.15, 0.2) is 41.6 Å². The molecule has 4 rings (SSSR count). The van der Waals surface area contributed by atoms with Crippen LogP contribution in [0, 0.1) is 11.8 Å². The van der Waals surface area contributed by atoms with Gasteiger partial charge in [-0.25, -0.2) is 13.4 Å². The number of halogens is 3. The number of fused-ring (bicyclic) bond motifs is 1. The SMILES string of the molecule is COc1cc(S(C)(=O)=O)ncc1NCC#Cc1cc2c(NC3CCN(CCOCCOCCO)CC3)cccc2n1CC(F)(F)F. The molecule has 11 nitrogen and oxygen atoms in total. The highest BCUT2D eigenvalue weighted by molar-refractivity contribution is 7.90. The van der Waals surface area contributed by atoms with Crippen molar-refractivity contribution in [3.05, 3.63) is 42.2 Å². The number of alkyl halides is 3. The smallest absolute Gasteiger partial charge is 0.406 e. The first-order valence-electron chi connectivity index (χ1n) is 14.9. The van der Waals surface area contributed by atoms with Gasteiger partial charge in [0, 0.05) is 49.1 Å². The van der Waals surface area contributed by atoms with Crippen LogP contribution in [0.5, 0.6) is 5.75 Å². The molecule has 0 atom stereocenters. The molecule has 1 fully saturated rings. The van der Waals surface area contributed by atoms with E-state index in [-0.39, 0.29) is 35.7 Å². The summed E-state index contributed by atoms with van der Waals surface area (Å²) < 4.78 is 81.7. The van der Waals surface area contributed by atoms with Crippen LogP contribution in [0.25, 0.3) is 10.9 Å². The maximum Gasteiger partial charge on any atom is 0.406 e. The number of methoxy groups -OCH3 is 1. The number of anilines is 2. The zero-order valence-electron chi connectivity index (χ0n) is 25.9. The van der Waals surface area contributed by atoms with Crippen LogP contribution < -0.4 is 15.4 Å². The predicted octanol–water partition coefficient (Wildman–Crippen LogP) is 3.38. The zero-order valence-corrected chi connectivity index (χ0v) is 26.7. The van der Waals surface area contributed by atoms with E-state index >= 15 is 0 Å². The molecule has 0 aliphatic carbocycles. The minimum absolute atomic E-state index is 0.00683. The molecule has 0 unspecified atom stereocenters. The number of nitrogens with one attached hydrogen (secondary N) is 2. The van der Waals surface area contributed by atoms with Crippen LogP contribution in [0.1, 0.15) is 18.5 Å². The summed E-state index contributed by atoms with van der Waals surface area (Å²) in [6.07, 6.45) is -0.349. The lowest BCUT2D eigenvalue weighted by Crippen LogP contribution is -2.40. The summed E-state index contributed by atoms with van der Waals surface area (Å²) in [5.41, 5.74) is 1.80. The molecule has 1 saturated heterocycles. The van der Waals surface area contributed by atoms with Gasteiger partial charge in [0.15, 0.2) is 14.9 Å². The fourth-order valence-electron chi connectivity index (χ4n) is 5.16. The Bertz CT molecular complexity index is 1610. The summed E-state index contributed by atoms with van der Waals surface area (Å²) in [6, 6.07) is 8.41. The summed E-state index contributed by atoms with van der Waals surface area (Å²) in [6.45, 7) is 3.22. The Morgan fingerprint density at radius 2 is 1.83 bits per heavy atom. The van der Waals surface area contributed by atoms with Crippen molar-refractivity contribution in [1.82, 2.24) is 14.5 Å². The lowest BCUT2D eigenvalue weighted by atomic mass is 10.0. The molecular weight excluding hydrogens is 627 g/mol. The van der Waals surface area contributed by atoms with Crippen LogP contribution in [0.2, 0.25) is 0 Å². The fourth-order valence-corrected chi connectivity index (χ4v) is 5.73. The van der Waals surface area contributed by atoms with Crippen LogP contribution in [-0.4, -0.2) is 113 Å². The van der Waals surface area contributed by atoms with Gasteiger partial charge in [-0.15, -0.1) is 0 Å². The number of aromatic nitrogens is 2. The highest BCUT2D eigenvalue weighted by Gasteiger charge is 2.30. The Morgan fingerprint density at radius 3 is 2.50 bits per heavy atom. The van der Waals surface area contributed by atoms with Crippen molar-refractivity contribution in [2.24, 2.45) is 0 Å². The quantitative estimate of drug-likeness (QED) is 0.164. The first-order valence-corrected chi connectivity index (χ1v) is 16.8. The fraction of sp³-hybridized carbons (Fsp3) is 0.516. The topological polar surface area (TPSA) is 127 Å². The molecule has 0 bridgehead atoms. The largest absolute Gasteiger partial charge is 0.494 e. The number of rotatable bonds is 15. The molecule has 3 N–H and O–H groups in total. The molecule has 252 valence electrons. The van der Waals surface area contributed by atoms with Gasteiger partial charge in [0.1, 0.15) is 12.3 Å². The number of benzene rings is 1. The Hall–Kier alpha value is -3.55. The number of sulfone groups is 1. The molecule has 3 heterocycles. The average Bonchev–Trinajstić information content (AvgIpc) is 3.35. The number of aliphatic hydroxyl groups excluding tert-OH is 1. The maximum absolute atomic E-state index is 13.6. The summed E-state index contributed by atoms with van der Waals surface area (Å²) in [5, 5.41) is 15.8. The number of ether oxygens (including phenoxy) is 3. The molecule has 1 aliphatic rings. The van der Waals surface area contributed by atoms with Gasteiger partial charge in [-0.3, -0.25) is 0 Å². The second kappa shape index (κ2) is 16.3. The van der Waals surface area contributed by atoms with E-state index in [9.17, 15) is 21.6 Å². The normalized spacial score (nSPS) is 14.7. The van der Waals surface area contributed by atoms with E-state index in [1.807, 2.05) is 6.07 Å². The van der Waals surface area contributed by atoms with Crippen molar-refractivity contribution in [3.63, 3.8) is 0 Å².